The Labute approximate surface area is 148 Å². The Morgan fingerprint density at radius 3 is 2.76 bits per heavy atom. The van der Waals surface area contributed by atoms with Gasteiger partial charge in [-0.1, -0.05) is 25.8 Å². The Morgan fingerprint density at radius 1 is 1.24 bits per heavy atom. The number of rotatable bonds is 8. The van der Waals surface area contributed by atoms with Crippen LogP contribution in [0.4, 0.5) is 4.79 Å². The zero-order chi connectivity index (χ0) is 18.2. The molecule has 0 saturated heterocycles. The summed E-state index contributed by atoms with van der Waals surface area (Å²) in [7, 11) is 3.31. The van der Waals surface area contributed by atoms with E-state index in [0.717, 1.165) is 35.7 Å². The molecule has 0 radical (unpaired) electrons. The first-order valence-electron chi connectivity index (χ1n) is 8.66. The molecule has 0 spiro atoms. The largest absolute Gasteiger partial charge is 0.469 e. The summed E-state index contributed by atoms with van der Waals surface area (Å²) in [4.78, 5) is 23.5. The molecule has 6 heteroatoms. The van der Waals surface area contributed by atoms with E-state index in [1.807, 2.05) is 29.9 Å². The minimum absolute atomic E-state index is 0.260. The minimum Gasteiger partial charge on any atom is -0.469 e. The minimum atomic E-state index is -0.452. The molecule has 25 heavy (non-hydrogen) atoms. The maximum atomic E-state index is 12.0. The average molecular weight is 346 g/mol. The number of amides is 1. The Hall–Kier alpha value is -2.50. The number of carbonyl (C=O) groups excluding carboxylic acids is 2. The number of ether oxygens (including phenoxy) is 2. The Bertz CT molecular complexity index is 736. The first-order valence-corrected chi connectivity index (χ1v) is 8.66. The normalized spacial score (nSPS) is 10.7. The van der Waals surface area contributed by atoms with Crippen molar-refractivity contribution in [2.24, 2.45) is 7.05 Å². The zero-order valence-corrected chi connectivity index (χ0v) is 15.1. The fourth-order valence-electron chi connectivity index (χ4n) is 2.82. The van der Waals surface area contributed by atoms with Crippen LogP contribution in [0.15, 0.2) is 24.4 Å². The van der Waals surface area contributed by atoms with E-state index in [2.05, 4.69) is 12.2 Å². The summed E-state index contributed by atoms with van der Waals surface area (Å²) < 4.78 is 12.2. The molecule has 1 heterocycles. The van der Waals surface area contributed by atoms with Crippen LogP contribution in [0.2, 0.25) is 0 Å². The van der Waals surface area contributed by atoms with Gasteiger partial charge in [-0.2, -0.15) is 0 Å². The van der Waals surface area contributed by atoms with E-state index in [1.165, 1.54) is 7.11 Å². The summed E-state index contributed by atoms with van der Waals surface area (Å²) in [6.07, 6.45) is 5.43. The highest BCUT2D eigenvalue weighted by atomic mass is 16.6. The molecule has 0 atom stereocenters. The highest BCUT2D eigenvalue weighted by Gasteiger charge is 2.15. The van der Waals surface area contributed by atoms with E-state index in [1.54, 1.807) is 6.07 Å². The monoisotopic (exact) mass is 346 g/mol. The van der Waals surface area contributed by atoms with E-state index in [4.69, 9.17) is 9.47 Å². The lowest BCUT2D eigenvalue weighted by atomic mass is 10.1. The number of nitrogens with one attached hydrogen (secondary N) is 1. The van der Waals surface area contributed by atoms with Crippen LogP contribution in [-0.2, 0) is 23.0 Å². The number of hydrogen-bond acceptors (Lipinski definition) is 4. The molecule has 136 valence electrons. The van der Waals surface area contributed by atoms with Gasteiger partial charge in [0.25, 0.3) is 0 Å². The molecule has 0 aliphatic carbocycles. The SMILES string of the molecule is CCCCCNC(=O)Oc1cccc2c1c(CCC(=O)OC)cn2C. The molecular formula is C19H26N2O4. The third-order valence-corrected chi connectivity index (χ3v) is 4.13. The van der Waals surface area contributed by atoms with Crippen molar-refractivity contribution in [3.05, 3.63) is 30.0 Å². The second-order valence-corrected chi connectivity index (χ2v) is 6.02. The number of aryl methyl sites for hydroxylation is 2. The van der Waals surface area contributed by atoms with Gasteiger partial charge in [0.15, 0.2) is 0 Å². The fourth-order valence-corrected chi connectivity index (χ4v) is 2.82. The van der Waals surface area contributed by atoms with Crippen LogP contribution in [0, 0.1) is 0 Å². The van der Waals surface area contributed by atoms with Gasteiger partial charge in [0, 0.05) is 31.6 Å². The van der Waals surface area contributed by atoms with Crippen molar-refractivity contribution in [3.8, 4) is 5.75 Å². The van der Waals surface area contributed by atoms with Crippen LogP contribution < -0.4 is 10.1 Å². The van der Waals surface area contributed by atoms with Crippen LogP contribution in [0.5, 0.6) is 5.75 Å². The highest BCUT2D eigenvalue weighted by molar-refractivity contribution is 5.92. The third kappa shape index (κ3) is 4.98. The molecule has 0 fully saturated rings. The lowest BCUT2D eigenvalue weighted by molar-refractivity contribution is -0.140. The zero-order valence-electron chi connectivity index (χ0n) is 15.1. The molecular weight excluding hydrogens is 320 g/mol. The lowest BCUT2D eigenvalue weighted by Crippen LogP contribution is -2.27. The quantitative estimate of drug-likeness (QED) is 0.586. The summed E-state index contributed by atoms with van der Waals surface area (Å²) in [6.45, 7) is 2.72. The molecule has 2 aromatic rings. The number of esters is 1. The Morgan fingerprint density at radius 2 is 2.04 bits per heavy atom. The van der Waals surface area contributed by atoms with Crippen LogP contribution in [0.25, 0.3) is 10.9 Å². The lowest BCUT2D eigenvalue weighted by Gasteiger charge is -2.09. The highest BCUT2D eigenvalue weighted by Crippen LogP contribution is 2.31. The second-order valence-electron chi connectivity index (χ2n) is 6.02. The Balaban J connectivity index is 2.16. The number of aromatic nitrogens is 1. The van der Waals surface area contributed by atoms with Crippen molar-refractivity contribution >= 4 is 23.0 Å². The van der Waals surface area contributed by atoms with E-state index < -0.39 is 6.09 Å². The topological polar surface area (TPSA) is 69.6 Å². The molecule has 0 bridgehead atoms. The van der Waals surface area contributed by atoms with Crippen LogP contribution in [-0.4, -0.2) is 30.3 Å². The Kier molecular flexibility index (Phi) is 6.86. The summed E-state index contributed by atoms with van der Waals surface area (Å²) in [5.41, 5.74) is 1.91. The number of hydrogen-bond donors (Lipinski definition) is 1. The van der Waals surface area contributed by atoms with Crippen LogP contribution in [0.3, 0.4) is 0 Å². The van der Waals surface area contributed by atoms with Gasteiger partial charge in [-0.25, -0.2) is 4.79 Å². The van der Waals surface area contributed by atoms with E-state index >= 15 is 0 Å². The van der Waals surface area contributed by atoms with Crippen LogP contribution >= 0.6 is 0 Å². The number of nitrogens with zero attached hydrogens (tertiary/aromatic N) is 1. The van der Waals surface area contributed by atoms with E-state index in [0.29, 0.717) is 18.7 Å². The van der Waals surface area contributed by atoms with Crippen molar-refractivity contribution in [1.29, 1.82) is 0 Å². The van der Waals surface area contributed by atoms with Crippen molar-refractivity contribution < 1.29 is 19.1 Å². The van der Waals surface area contributed by atoms with Gasteiger partial charge < -0.3 is 19.4 Å². The molecule has 1 aromatic carbocycles. The summed E-state index contributed by atoms with van der Waals surface area (Å²) >= 11 is 0. The summed E-state index contributed by atoms with van der Waals surface area (Å²) in [5.74, 6) is 0.245. The third-order valence-electron chi connectivity index (χ3n) is 4.13. The standard InChI is InChI=1S/C19H26N2O4/c1-4-5-6-12-20-19(23)25-16-9-7-8-15-18(16)14(13-21(15)2)10-11-17(22)24-3/h7-9,13H,4-6,10-12H2,1-3H3,(H,20,23). The van der Waals surface area contributed by atoms with E-state index in [-0.39, 0.29) is 12.4 Å². The molecule has 0 aliphatic heterocycles. The predicted molar refractivity (Wildman–Crippen MR) is 96.8 cm³/mol. The van der Waals surface area contributed by atoms with Crippen molar-refractivity contribution in [1.82, 2.24) is 9.88 Å². The van der Waals surface area contributed by atoms with Gasteiger partial charge in [-0.3, -0.25) is 4.79 Å². The van der Waals surface area contributed by atoms with Gasteiger partial charge in [-0.15, -0.1) is 0 Å². The molecule has 0 aliphatic rings. The smallest absolute Gasteiger partial charge is 0.412 e. The molecule has 2 rings (SSSR count). The number of carbonyl (C=O) groups is 2. The van der Waals surface area contributed by atoms with Crippen molar-refractivity contribution in [2.45, 2.75) is 39.0 Å². The first kappa shape index (κ1) is 18.8. The first-order chi connectivity index (χ1) is 12.1. The molecule has 1 aromatic heterocycles. The number of methoxy groups -OCH3 is 1. The van der Waals surface area contributed by atoms with E-state index in [9.17, 15) is 9.59 Å². The van der Waals surface area contributed by atoms with Gasteiger partial charge in [0.2, 0.25) is 0 Å². The van der Waals surface area contributed by atoms with Gasteiger partial charge >= 0.3 is 12.1 Å². The number of fused-ring (bicyclic) bond motifs is 1. The summed E-state index contributed by atoms with van der Waals surface area (Å²) in [5, 5.41) is 3.63. The predicted octanol–water partition coefficient (Wildman–Crippen LogP) is 3.56. The van der Waals surface area contributed by atoms with Gasteiger partial charge in [-0.05, 0) is 30.5 Å². The fraction of sp³-hybridized carbons (Fsp3) is 0.474. The van der Waals surface area contributed by atoms with Crippen molar-refractivity contribution in [2.75, 3.05) is 13.7 Å². The average Bonchev–Trinajstić information content (AvgIpc) is 2.94. The summed E-state index contributed by atoms with van der Waals surface area (Å²) in [6, 6.07) is 5.59. The molecule has 0 unspecified atom stereocenters. The molecule has 1 N–H and O–H groups in total. The maximum Gasteiger partial charge on any atom is 0.412 e. The number of benzene rings is 1. The van der Waals surface area contributed by atoms with Gasteiger partial charge in [0.05, 0.1) is 12.6 Å². The number of unbranched alkanes of at least 4 members (excludes halogenated alkanes) is 2. The van der Waals surface area contributed by atoms with Gasteiger partial charge in [0.1, 0.15) is 5.75 Å². The molecule has 1 amide bonds. The maximum absolute atomic E-state index is 12.0. The van der Waals surface area contributed by atoms with Crippen LogP contribution in [0.1, 0.15) is 38.2 Å². The molecule has 0 saturated carbocycles. The second kappa shape index (κ2) is 9.11. The van der Waals surface area contributed by atoms with Crippen molar-refractivity contribution in [3.63, 3.8) is 0 Å². The molecule has 6 nitrogen and oxygen atoms in total.